The molecule has 1 saturated carbocycles. The first-order valence-electron chi connectivity index (χ1n) is 10.7. The van der Waals surface area contributed by atoms with E-state index in [2.05, 4.69) is 37.2 Å². The van der Waals surface area contributed by atoms with Crippen LogP contribution in [0.3, 0.4) is 0 Å². The van der Waals surface area contributed by atoms with E-state index in [1.807, 2.05) is 6.92 Å². The zero-order chi connectivity index (χ0) is 24.5. The fourth-order valence-electron chi connectivity index (χ4n) is 3.49. The number of carbonyl (C=O) groups is 1. The summed E-state index contributed by atoms with van der Waals surface area (Å²) in [6.07, 6.45) is 5.27. The summed E-state index contributed by atoms with van der Waals surface area (Å²) in [6, 6.07) is 5.75. The number of aryl methyl sites for hydroxylation is 1. The van der Waals surface area contributed by atoms with Gasteiger partial charge in [-0.2, -0.15) is 0 Å². The summed E-state index contributed by atoms with van der Waals surface area (Å²) in [6.45, 7) is 7.53. The lowest BCUT2D eigenvalue weighted by Gasteiger charge is -2.17. The number of aliphatic imine (C=N–C) groups is 1. The number of halogens is 2. The lowest BCUT2D eigenvalue weighted by Crippen LogP contribution is -2.17. The summed E-state index contributed by atoms with van der Waals surface area (Å²) in [5.74, 6) is -0.618. The molecule has 2 aromatic heterocycles. The van der Waals surface area contributed by atoms with Gasteiger partial charge in [-0.05, 0) is 56.5 Å². The maximum absolute atomic E-state index is 14.7. The number of amidine groups is 1. The van der Waals surface area contributed by atoms with E-state index >= 15 is 0 Å². The van der Waals surface area contributed by atoms with Gasteiger partial charge in [-0.3, -0.25) is 14.8 Å². The van der Waals surface area contributed by atoms with Gasteiger partial charge in [0.1, 0.15) is 18.0 Å². The molecule has 3 aromatic rings. The van der Waals surface area contributed by atoms with Crippen LogP contribution in [0.4, 0.5) is 20.2 Å². The lowest BCUT2D eigenvalue weighted by molar-refractivity contribution is 0.102. The van der Waals surface area contributed by atoms with Crippen molar-refractivity contribution in [2.75, 3.05) is 17.7 Å². The van der Waals surface area contributed by atoms with E-state index < -0.39 is 17.4 Å². The summed E-state index contributed by atoms with van der Waals surface area (Å²) in [7, 11) is 1.58. The molecule has 9 heteroatoms. The molecule has 0 spiro atoms. The first kappa shape index (κ1) is 23.2. The largest absolute Gasteiger partial charge is 0.340 e. The number of nitrogens with one attached hydrogen (secondary N) is 2. The van der Waals surface area contributed by atoms with Crippen LogP contribution in [-0.2, 0) is 5.67 Å². The van der Waals surface area contributed by atoms with Crippen molar-refractivity contribution in [1.29, 1.82) is 0 Å². The Morgan fingerprint density at radius 3 is 2.62 bits per heavy atom. The van der Waals surface area contributed by atoms with Gasteiger partial charge in [0.25, 0.3) is 5.91 Å². The second-order valence-electron chi connectivity index (χ2n) is 8.21. The predicted octanol–water partition coefficient (Wildman–Crippen LogP) is 4.99. The van der Waals surface area contributed by atoms with E-state index in [0.717, 1.165) is 5.56 Å². The molecule has 0 saturated heterocycles. The number of hydrogen-bond donors (Lipinski definition) is 2. The molecular formula is C25H24F2N6O. The number of anilines is 2. The first-order chi connectivity index (χ1) is 16.2. The van der Waals surface area contributed by atoms with Crippen molar-refractivity contribution in [3.63, 3.8) is 0 Å². The SMILES string of the molecule is C=C(C(=NC)Nc1cc(NC(=O)c2ccnc(C3(F)CC3)c2)cc(F)c1C)c1ncncc1C. The van der Waals surface area contributed by atoms with E-state index in [4.69, 9.17) is 0 Å². The van der Waals surface area contributed by atoms with Crippen molar-refractivity contribution >= 4 is 28.7 Å². The molecule has 1 aliphatic rings. The van der Waals surface area contributed by atoms with Crippen LogP contribution in [0.15, 0.2) is 54.6 Å². The number of alkyl halides is 1. The van der Waals surface area contributed by atoms with Crippen LogP contribution in [0.5, 0.6) is 0 Å². The standard InChI is InChI=1S/C25H24F2N6O/c1-14-12-29-13-31-22(14)16(3)23(28-4)33-20-11-18(10-19(26)15(20)2)32-24(34)17-5-8-30-21(9-17)25(27)6-7-25/h5,8-13H,3,6-7H2,1-2,4H3,(H,28,33)(H,32,34). The van der Waals surface area contributed by atoms with Crippen molar-refractivity contribution in [3.8, 4) is 0 Å². The topological polar surface area (TPSA) is 92.2 Å². The monoisotopic (exact) mass is 462 g/mol. The van der Waals surface area contributed by atoms with Crippen LogP contribution < -0.4 is 10.6 Å². The molecule has 34 heavy (non-hydrogen) atoms. The molecule has 2 heterocycles. The summed E-state index contributed by atoms with van der Waals surface area (Å²) >= 11 is 0. The van der Waals surface area contributed by atoms with Crippen LogP contribution in [0.25, 0.3) is 5.57 Å². The number of rotatable bonds is 6. The Balaban J connectivity index is 1.57. The third-order valence-electron chi connectivity index (χ3n) is 5.72. The predicted molar refractivity (Wildman–Crippen MR) is 128 cm³/mol. The van der Waals surface area contributed by atoms with Crippen molar-refractivity contribution in [2.24, 2.45) is 4.99 Å². The highest BCUT2D eigenvalue weighted by Crippen LogP contribution is 2.48. The quantitative estimate of drug-likeness (QED) is 0.398. The van der Waals surface area contributed by atoms with Crippen LogP contribution >= 0.6 is 0 Å². The molecule has 1 amide bonds. The molecule has 2 N–H and O–H groups in total. The number of aromatic nitrogens is 3. The molecule has 0 radical (unpaired) electrons. The van der Waals surface area contributed by atoms with Crippen LogP contribution in [0.1, 0.15) is 45.7 Å². The van der Waals surface area contributed by atoms with E-state index in [9.17, 15) is 13.6 Å². The molecule has 0 aliphatic heterocycles. The Hall–Kier alpha value is -4.01. The zero-order valence-electron chi connectivity index (χ0n) is 19.1. The second kappa shape index (κ2) is 9.09. The van der Waals surface area contributed by atoms with Crippen molar-refractivity contribution < 1.29 is 13.6 Å². The number of amides is 1. The third kappa shape index (κ3) is 4.68. The van der Waals surface area contributed by atoms with Gasteiger partial charge in [0, 0.05) is 47.5 Å². The molecule has 1 aliphatic carbocycles. The Bertz CT molecular complexity index is 1320. The average molecular weight is 463 g/mol. The smallest absolute Gasteiger partial charge is 0.255 e. The molecule has 0 atom stereocenters. The maximum Gasteiger partial charge on any atom is 0.255 e. The van der Waals surface area contributed by atoms with Crippen LogP contribution in [0.2, 0.25) is 0 Å². The fourth-order valence-corrected chi connectivity index (χ4v) is 3.49. The molecule has 0 bridgehead atoms. The normalized spacial score (nSPS) is 14.4. The third-order valence-corrected chi connectivity index (χ3v) is 5.72. The van der Waals surface area contributed by atoms with E-state index in [-0.39, 0.29) is 16.9 Å². The molecule has 1 aromatic carbocycles. The number of hydrogen-bond acceptors (Lipinski definition) is 5. The van der Waals surface area contributed by atoms with E-state index in [0.29, 0.717) is 41.2 Å². The summed E-state index contributed by atoms with van der Waals surface area (Å²) in [4.78, 5) is 29.3. The first-order valence-corrected chi connectivity index (χ1v) is 10.7. The van der Waals surface area contributed by atoms with Gasteiger partial charge in [0.05, 0.1) is 11.4 Å². The maximum atomic E-state index is 14.7. The lowest BCUT2D eigenvalue weighted by atomic mass is 10.1. The van der Waals surface area contributed by atoms with Gasteiger partial charge >= 0.3 is 0 Å². The summed E-state index contributed by atoms with van der Waals surface area (Å²) < 4.78 is 29.1. The van der Waals surface area contributed by atoms with E-state index in [1.54, 1.807) is 26.2 Å². The van der Waals surface area contributed by atoms with Crippen molar-refractivity contribution in [1.82, 2.24) is 15.0 Å². The number of benzene rings is 1. The Kier molecular flexibility index (Phi) is 6.19. The van der Waals surface area contributed by atoms with Crippen molar-refractivity contribution in [2.45, 2.75) is 32.4 Å². The van der Waals surface area contributed by atoms with Crippen molar-refractivity contribution in [3.05, 3.63) is 83.5 Å². The number of pyridine rings is 1. The van der Waals surface area contributed by atoms with Gasteiger partial charge in [-0.15, -0.1) is 0 Å². The highest BCUT2D eigenvalue weighted by molar-refractivity contribution is 6.27. The molecule has 174 valence electrons. The second-order valence-corrected chi connectivity index (χ2v) is 8.21. The summed E-state index contributed by atoms with van der Waals surface area (Å²) in [5.41, 5.74) is 1.94. The molecule has 1 fully saturated rings. The van der Waals surface area contributed by atoms with Crippen LogP contribution in [-0.4, -0.2) is 33.7 Å². The molecule has 4 rings (SSSR count). The molecular weight excluding hydrogens is 438 g/mol. The fraction of sp³-hybridized carbons (Fsp3) is 0.240. The highest BCUT2D eigenvalue weighted by Gasteiger charge is 2.46. The highest BCUT2D eigenvalue weighted by atomic mass is 19.1. The minimum Gasteiger partial charge on any atom is -0.340 e. The van der Waals surface area contributed by atoms with Gasteiger partial charge in [0.2, 0.25) is 0 Å². The zero-order valence-corrected chi connectivity index (χ0v) is 19.1. The van der Waals surface area contributed by atoms with Gasteiger partial charge in [-0.1, -0.05) is 6.58 Å². The Labute approximate surface area is 196 Å². The minimum atomic E-state index is -1.45. The van der Waals surface area contributed by atoms with E-state index in [1.165, 1.54) is 30.7 Å². The molecule has 0 unspecified atom stereocenters. The average Bonchev–Trinajstić information content (AvgIpc) is 3.59. The number of carbonyl (C=O) groups excluding carboxylic acids is 1. The minimum absolute atomic E-state index is 0.231. The van der Waals surface area contributed by atoms with Gasteiger partial charge < -0.3 is 10.6 Å². The van der Waals surface area contributed by atoms with Gasteiger partial charge in [0.15, 0.2) is 5.67 Å². The van der Waals surface area contributed by atoms with Gasteiger partial charge in [-0.25, -0.2) is 18.7 Å². The number of nitrogens with zero attached hydrogens (tertiary/aromatic N) is 4. The summed E-state index contributed by atoms with van der Waals surface area (Å²) in [5, 5.41) is 5.77. The Morgan fingerprint density at radius 1 is 1.18 bits per heavy atom. The van der Waals surface area contributed by atoms with Crippen LogP contribution in [0, 0.1) is 19.7 Å². The Morgan fingerprint density at radius 2 is 1.94 bits per heavy atom. The molecule has 7 nitrogen and oxygen atoms in total.